The number of benzene rings is 1. The van der Waals surface area contributed by atoms with Gasteiger partial charge in [0.15, 0.2) is 0 Å². The van der Waals surface area contributed by atoms with Gasteiger partial charge in [-0.05, 0) is 42.3 Å². The second-order valence-electron chi connectivity index (χ2n) is 5.53. The lowest BCUT2D eigenvalue weighted by Crippen LogP contribution is -2.40. The van der Waals surface area contributed by atoms with Crippen LogP contribution in [-0.2, 0) is 4.74 Å². The lowest BCUT2D eigenvalue weighted by atomic mass is 10.1. The Kier molecular flexibility index (Phi) is 6.58. The molecule has 2 atom stereocenters. The van der Waals surface area contributed by atoms with Crippen molar-refractivity contribution in [2.75, 3.05) is 20.7 Å². The van der Waals surface area contributed by atoms with E-state index >= 15 is 0 Å². The minimum Gasteiger partial charge on any atom is -0.375 e. The largest absolute Gasteiger partial charge is 0.375 e. The second-order valence-corrected chi connectivity index (χ2v) is 5.97. The normalized spacial score (nSPS) is 13.2. The molecule has 0 fully saturated rings. The van der Waals surface area contributed by atoms with Gasteiger partial charge in [0.2, 0.25) is 0 Å². The highest BCUT2D eigenvalue weighted by atomic mass is 35.5. The van der Waals surface area contributed by atoms with E-state index in [1.807, 2.05) is 37.3 Å². The van der Waals surface area contributed by atoms with Gasteiger partial charge in [-0.2, -0.15) is 0 Å². The van der Waals surface area contributed by atoms with E-state index in [4.69, 9.17) is 16.3 Å². The Hall–Kier alpha value is -2.11. The summed E-state index contributed by atoms with van der Waals surface area (Å²) in [6.45, 7) is 2.34. The molecule has 0 spiro atoms. The van der Waals surface area contributed by atoms with Crippen molar-refractivity contribution >= 4 is 17.6 Å². The number of amides is 2. The van der Waals surface area contributed by atoms with Crippen molar-refractivity contribution in [3.8, 4) is 0 Å². The van der Waals surface area contributed by atoms with Crippen LogP contribution in [0.2, 0.25) is 5.02 Å². The first-order valence-electron chi connectivity index (χ1n) is 7.71. The first kappa shape index (κ1) is 18.2. The van der Waals surface area contributed by atoms with E-state index in [1.54, 1.807) is 37.5 Å². The van der Waals surface area contributed by atoms with Crippen molar-refractivity contribution in [1.82, 2.24) is 15.2 Å². The second kappa shape index (κ2) is 8.66. The number of urea groups is 1. The minimum atomic E-state index is -0.253. The summed E-state index contributed by atoms with van der Waals surface area (Å²) in [5.41, 5.74) is 1.95. The number of nitrogens with zero attached hydrogens (tertiary/aromatic N) is 2. The molecule has 24 heavy (non-hydrogen) atoms. The number of rotatable bonds is 6. The first-order valence-corrected chi connectivity index (χ1v) is 8.09. The van der Waals surface area contributed by atoms with Gasteiger partial charge in [0.1, 0.15) is 0 Å². The first-order chi connectivity index (χ1) is 11.5. The Morgan fingerprint density at radius 1 is 1.29 bits per heavy atom. The molecule has 2 unspecified atom stereocenters. The van der Waals surface area contributed by atoms with E-state index in [0.29, 0.717) is 11.6 Å². The predicted octanol–water partition coefficient (Wildman–Crippen LogP) is 3.83. The molecule has 2 amide bonds. The van der Waals surface area contributed by atoms with Crippen LogP contribution in [0.3, 0.4) is 0 Å². The molecule has 5 nitrogen and oxygen atoms in total. The van der Waals surface area contributed by atoms with Gasteiger partial charge in [-0.3, -0.25) is 4.98 Å². The number of ether oxygens (including phenoxy) is 1. The van der Waals surface area contributed by atoms with Crippen molar-refractivity contribution in [1.29, 1.82) is 0 Å². The molecular formula is C18H22ClN3O2. The van der Waals surface area contributed by atoms with Gasteiger partial charge in [0, 0.05) is 38.1 Å². The van der Waals surface area contributed by atoms with Crippen LogP contribution in [-0.4, -0.2) is 36.6 Å². The maximum Gasteiger partial charge on any atom is 0.317 e. The Labute approximate surface area is 147 Å². The van der Waals surface area contributed by atoms with E-state index in [2.05, 4.69) is 10.3 Å². The summed E-state index contributed by atoms with van der Waals surface area (Å²) in [4.78, 5) is 18.0. The maximum absolute atomic E-state index is 12.4. The van der Waals surface area contributed by atoms with Crippen molar-refractivity contribution in [3.63, 3.8) is 0 Å². The van der Waals surface area contributed by atoms with Gasteiger partial charge < -0.3 is 15.0 Å². The minimum absolute atomic E-state index is 0.0554. The number of hydrogen-bond acceptors (Lipinski definition) is 3. The fraction of sp³-hybridized carbons (Fsp3) is 0.333. The van der Waals surface area contributed by atoms with Crippen molar-refractivity contribution in [3.05, 3.63) is 64.9 Å². The Bertz CT molecular complexity index is 666. The van der Waals surface area contributed by atoms with Gasteiger partial charge in [0.05, 0.1) is 12.1 Å². The molecule has 0 aliphatic carbocycles. The zero-order chi connectivity index (χ0) is 17.5. The third kappa shape index (κ3) is 4.69. The number of carbonyl (C=O) groups excluding carboxylic acids is 1. The van der Waals surface area contributed by atoms with E-state index in [0.717, 1.165) is 11.1 Å². The summed E-state index contributed by atoms with van der Waals surface area (Å²) in [5, 5.41) is 3.55. The lowest BCUT2D eigenvalue weighted by molar-refractivity contribution is 0.101. The number of aromatic nitrogens is 1. The number of hydrogen-bond donors (Lipinski definition) is 1. The molecule has 0 saturated heterocycles. The molecule has 0 bridgehead atoms. The lowest BCUT2D eigenvalue weighted by Gasteiger charge is -2.26. The molecule has 2 aromatic rings. The standard InChI is InChI=1S/C18H22ClN3O2/c1-13(14-7-9-20-10-8-14)22(2)18(23)21-12-17(24-3)15-5-4-6-16(19)11-15/h4-11,13,17H,12H2,1-3H3,(H,21,23). The van der Waals surface area contributed by atoms with Gasteiger partial charge in [-0.25, -0.2) is 4.79 Å². The average Bonchev–Trinajstić information content (AvgIpc) is 2.61. The Balaban J connectivity index is 1.96. The van der Waals surface area contributed by atoms with E-state index in [9.17, 15) is 4.79 Å². The Morgan fingerprint density at radius 2 is 2.00 bits per heavy atom. The predicted molar refractivity (Wildman–Crippen MR) is 95.0 cm³/mol. The van der Waals surface area contributed by atoms with Crippen LogP contribution in [0.1, 0.15) is 30.2 Å². The van der Waals surface area contributed by atoms with Crippen LogP contribution in [0.5, 0.6) is 0 Å². The topological polar surface area (TPSA) is 54.5 Å². The van der Waals surface area contributed by atoms with E-state index < -0.39 is 0 Å². The molecule has 1 heterocycles. The third-order valence-corrected chi connectivity index (χ3v) is 4.27. The fourth-order valence-electron chi connectivity index (χ4n) is 2.39. The van der Waals surface area contributed by atoms with Crippen LogP contribution in [0.25, 0.3) is 0 Å². The van der Waals surface area contributed by atoms with Gasteiger partial charge in [0.25, 0.3) is 0 Å². The molecule has 128 valence electrons. The summed E-state index contributed by atoms with van der Waals surface area (Å²) in [6.07, 6.45) is 3.19. The average molecular weight is 348 g/mol. The highest BCUT2D eigenvalue weighted by molar-refractivity contribution is 6.30. The van der Waals surface area contributed by atoms with E-state index in [-0.39, 0.29) is 18.2 Å². The summed E-state index contributed by atoms with van der Waals surface area (Å²) in [5.74, 6) is 0. The number of methoxy groups -OCH3 is 1. The zero-order valence-electron chi connectivity index (χ0n) is 14.1. The molecule has 0 radical (unpaired) electrons. The van der Waals surface area contributed by atoms with Crippen LogP contribution in [0.15, 0.2) is 48.8 Å². The molecule has 2 rings (SSSR count). The fourth-order valence-corrected chi connectivity index (χ4v) is 2.59. The quantitative estimate of drug-likeness (QED) is 0.864. The molecule has 0 aliphatic rings. The molecule has 0 saturated carbocycles. The highest BCUT2D eigenvalue weighted by Gasteiger charge is 2.19. The smallest absolute Gasteiger partial charge is 0.317 e. The van der Waals surface area contributed by atoms with Crippen molar-refractivity contribution in [2.45, 2.75) is 19.1 Å². The maximum atomic E-state index is 12.4. The summed E-state index contributed by atoms with van der Waals surface area (Å²) in [6, 6.07) is 11.0. The van der Waals surface area contributed by atoms with Crippen LogP contribution >= 0.6 is 11.6 Å². The summed E-state index contributed by atoms with van der Waals surface area (Å²) in [7, 11) is 3.38. The van der Waals surface area contributed by atoms with E-state index in [1.165, 1.54) is 0 Å². The number of halogens is 1. The number of nitrogens with one attached hydrogen (secondary N) is 1. The SMILES string of the molecule is COC(CNC(=O)N(C)C(C)c1ccncc1)c1cccc(Cl)c1. The van der Waals surface area contributed by atoms with Crippen molar-refractivity contribution in [2.24, 2.45) is 0 Å². The van der Waals surface area contributed by atoms with Gasteiger partial charge >= 0.3 is 6.03 Å². The molecule has 0 aliphatic heterocycles. The zero-order valence-corrected chi connectivity index (χ0v) is 14.8. The molecule has 1 aromatic heterocycles. The number of pyridine rings is 1. The van der Waals surface area contributed by atoms with Gasteiger partial charge in [-0.1, -0.05) is 23.7 Å². The number of carbonyl (C=O) groups is 1. The summed E-state index contributed by atoms with van der Waals surface area (Å²) < 4.78 is 5.47. The molecular weight excluding hydrogens is 326 g/mol. The van der Waals surface area contributed by atoms with Gasteiger partial charge in [-0.15, -0.1) is 0 Å². The van der Waals surface area contributed by atoms with Crippen LogP contribution in [0, 0.1) is 0 Å². The third-order valence-electron chi connectivity index (χ3n) is 4.03. The molecule has 1 aromatic carbocycles. The van der Waals surface area contributed by atoms with Crippen LogP contribution in [0.4, 0.5) is 4.79 Å². The van der Waals surface area contributed by atoms with Crippen LogP contribution < -0.4 is 5.32 Å². The highest BCUT2D eigenvalue weighted by Crippen LogP contribution is 2.21. The summed E-state index contributed by atoms with van der Waals surface area (Å²) >= 11 is 6.01. The molecule has 6 heteroatoms. The van der Waals surface area contributed by atoms with Crippen molar-refractivity contribution < 1.29 is 9.53 Å². The molecule has 1 N–H and O–H groups in total. The Morgan fingerprint density at radius 3 is 2.62 bits per heavy atom. The monoisotopic (exact) mass is 347 g/mol.